The number of hydrogen-bond acceptors (Lipinski definition) is 3. The first-order valence-electron chi connectivity index (χ1n) is 5.55. The van der Waals surface area contributed by atoms with Crippen molar-refractivity contribution < 1.29 is 4.79 Å². The second-order valence-corrected chi connectivity index (χ2v) is 5.47. The predicted molar refractivity (Wildman–Crippen MR) is 71.8 cm³/mol. The van der Waals surface area contributed by atoms with Gasteiger partial charge in [0, 0.05) is 12.5 Å². The molecule has 2 nitrogen and oxygen atoms in total. The molecular formula is C14H15NOS. The topological polar surface area (TPSA) is 30.0 Å². The van der Waals surface area contributed by atoms with E-state index in [-0.39, 0.29) is 5.78 Å². The fraction of sp³-hybridized carbons (Fsp3) is 0.286. The van der Waals surface area contributed by atoms with Gasteiger partial charge in [0.2, 0.25) is 0 Å². The molecule has 0 radical (unpaired) electrons. The number of aryl methyl sites for hydroxylation is 3. The van der Waals surface area contributed by atoms with Gasteiger partial charge in [-0.25, -0.2) is 4.98 Å². The molecule has 0 atom stereocenters. The maximum atomic E-state index is 11.6. The third-order valence-corrected chi connectivity index (χ3v) is 3.91. The minimum absolute atomic E-state index is 0.0869. The van der Waals surface area contributed by atoms with E-state index in [1.165, 1.54) is 22.5 Å². The molecule has 17 heavy (non-hydrogen) atoms. The van der Waals surface area contributed by atoms with Crippen molar-refractivity contribution in [2.45, 2.75) is 27.7 Å². The van der Waals surface area contributed by atoms with Crippen LogP contribution in [0.3, 0.4) is 0 Å². The average molecular weight is 245 g/mol. The maximum Gasteiger partial charge on any atom is 0.172 e. The molecule has 0 unspecified atom stereocenters. The van der Waals surface area contributed by atoms with E-state index >= 15 is 0 Å². The molecule has 1 aromatic heterocycles. The van der Waals surface area contributed by atoms with Crippen molar-refractivity contribution in [3.05, 3.63) is 39.2 Å². The number of carbonyl (C=O) groups excluding carboxylic acids is 1. The zero-order chi connectivity index (χ0) is 12.6. The molecule has 0 aliphatic heterocycles. The molecule has 1 aromatic carbocycles. The molecule has 0 N–H and O–H groups in total. The third-order valence-electron chi connectivity index (χ3n) is 2.83. The number of thiazole rings is 1. The Hall–Kier alpha value is -1.48. The van der Waals surface area contributed by atoms with E-state index in [0.29, 0.717) is 0 Å². The molecular weight excluding hydrogens is 230 g/mol. The first kappa shape index (κ1) is 12.0. The molecule has 2 aromatic rings. The third kappa shape index (κ3) is 2.29. The summed E-state index contributed by atoms with van der Waals surface area (Å²) in [6, 6.07) is 6.20. The molecule has 88 valence electrons. The van der Waals surface area contributed by atoms with Gasteiger partial charge in [-0.05, 0) is 38.0 Å². The van der Waals surface area contributed by atoms with Gasteiger partial charge in [0.15, 0.2) is 5.78 Å². The van der Waals surface area contributed by atoms with Gasteiger partial charge in [0.1, 0.15) is 0 Å². The summed E-state index contributed by atoms with van der Waals surface area (Å²) in [7, 11) is 0. The van der Waals surface area contributed by atoms with Crippen LogP contribution in [0.15, 0.2) is 18.2 Å². The van der Waals surface area contributed by atoms with Crippen molar-refractivity contribution in [3.8, 4) is 11.3 Å². The second-order valence-electron chi connectivity index (χ2n) is 4.27. The Bertz CT molecular complexity index is 584. The van der Waals surface area contributed by atoms with Gasteiger partial charge in [-0.3, -0.25) is 4.79 Å². The highest BCUT2D eigenvalue weighted by atomic mass is 32.1. The zero-order valence-corrected chi connectivity index (χ0v) is 11.3. The fourth-order valence-electron chi connectivity index (χ4n) is 1.75. The quantitative estimate of drug-likeness (QED) is 0.750. The molecule has 3 heteroatoms. The van der Waals surface area contributed by atoms with Crippen LogP contribution in [0, 0.1) is 20.8 Å². The molecule has 1 heterocycles. The first-order valence-corrected chi connectivity index (χ1v) is 6.36. The van der Waals surface area contributed by atoms with Crippen LogP contribution >= 0.6 is 11.3 Å². The number of Topliss-reactive ketones (excluding diaryl/α,β-unsaturated/α-hetero) is 1. The number of ketones is 1. The summed E-state index contributed by atoms with van der Waals surface area (Å²) in [5.41, 5.74) is 4.33. The largest absolute Gasteiger partial charge is 0.294 e. The molecule has 2 rings (SSSR count). The summed E-state index contributed by atoms with van der Waals surface area (Å²) in [6.07, 6.45) is 0. The number of benzene rings is 1. The number of nitrogens with zero attached hydrogens (tertiary/aromatic N) is 1. The molecule has 0 fully saturated rings. The Kier molecular flexibility index (Phi) is 3.11. The van der Waals surface area contributed by atoms with E-state index < -0.39 is 0 Å². The lowest BCUT2D eigenvalue weighted by molar-refractivity contribution is 0.102. The van der Waals surface area contributed by atoms with E-state index in [9.17, 15) is 4.79 Å². The van der Waals surface area contributed by atoms with Gasteiger partial charge >= 0.3 is 0 Å². The Labute approximate surface area is 105 Å². The van der Waals surface area contributed by atoms with E-state index in [2.05, 4.69) is 31.0 Å². The van der Waals surface area contributed by atoms with E-state index in [1.54, 1.807) is 6.92 Å². The van der Waals surface area contributed by atoms with Crippen LogP contribution in [0.25, 0.3) is 11.3 Å². The lowest BCUT2D eigenvalue weighted by atomic mass is 10.0. The standard InChI is InChI=1S/C14H15NOS/c1-8-5-6-12(7-9(8)2)13-14(10(3)16)17-11(4)15-13/h5-7H,1-4H3. The summed E-state index contributed by atoms with van der Waals surface area (Å²) in [5.74, 6) is 0.0869. The van der Waals surface area contributed by atoms with Crippen molar-refractivity contribution in [2.75, 3.05) is 0 Å². The fourth-order valence-corrected chi connectivity index (χ4v) is 2.59. The van der Waals surface area contributed by atoms with Gasteiger partial charge in [-0.1, -0.05) is 12.1 Å². The van der Waals surface area contributed by atoms with Crippen LogP contribution in [0.4, 0.5) is 0 Å². The maximum absolute atomic E-state index is 11.6. The van der Waals surface area contributed by atoms with Gasteiger partial charge in [0.25, 0.3) is 0 Å². The van der Waals surface area contributed by atoms with Crippen molar-refractivity contribution in [1.82, 2.24) is 4.98 Å². The summed E-state index contributed by atoms with van der Waals surface area (Å²) in [6.45, 7) is 7.68. The van der Waals surface area contributed by atoms with Crippen molar-refractivity contribution in [3.63, 3.8) is 0 Å². The molecule has 0 aliphatic carbocycles. The Morgan fingerprint density at radius 3 is 2.47 bits per heavy atom. The van der Waals surface area contributed by atoms with Gasteiger partial charge in [-0.15, -0.1) is 11.3 Å². The zero-order valence-electron chi connectivity index (χ0n) is 10.5. The average Bonchev–Trinajstić information content (AvgIpc) is 2.64. The Morgan fingerprint density at radius 2 is 1.88 bits per heavy atom. The second kappa shape index (κ2) is 4.41. The highest BCUT2D eigenvalue weighted by Crippen LogP contribution is 2.29. The highest BCUT2D eigenvalue weighted by molar-refractivity contribution is 7.14. The summed E-state index contributed by atoms with van der Waals surface area (Å²) < 4.78 is 0. The van der Waals surface area contributed by atoms with Crippen LogP contribution in [-0.4, -0.2) is 10.8 Å². The smallest absolute Gasteiger partial charge is 0.172 e. The SMILES string of the molecule is CC(=O)c1sc(C)nc1-c1ccc(C)c(C)c1. The van der Waals surface area contributed by atoms with Crippen LogP contribution in [-0.2, 0) is 0 Å². The molecule has 0 saturated carbocycles. The molecule has 0 spiro atoms. The lowest BCUT2D eigenvalue weighted by Gasteiger charge is -2.04. The van der Waals surface area contributed by atoms with E-state index in [0.717, 1.165) is 21.1 Å². The first-order chi connectivity index (χ1) is 7.99. The molecule has 0 saturated heterocycles. The van der Waals surface area contributed by atoms with Crippen molar-refractivity contribution in [2.24, 2.45) is 0 Å². The number of carbonyl (C=O) groups is 1. The predicted octanol–water partition coefficient (Wildman–Crippen LogP) is 3.94. The van der Waals surface area contributed by atoms with Gasteiger partial charge in [0.05, 0.1) is 15.6 Å². The Morgan fingerprint density at radius 1 is 1.18 bits per heavy atom. The molecule has 0 bridgehead atoms. The highest BCUT2D eigenvalue weighted by Gasteiger charge is 2.15. The summed E-state index contributed by atoms with van der Waals surface area (Å²) >= 11 is 1.47. The van der Waals surface area contributed by atoms with Crippen LogP contribution < -0.4 is 0 Å². The van der Waals surface area contributed by atoms with E-state index in [4.69, 9.17) is 0 Å². The monoisotopic (exact) mass is 245 g/mol. The lowest BCUT2D eigenvalue weighted by Crippen LogP contribution is -1.92. The van der Waals surface area contributed by atoms with Crippen LogP contribution in [0.2, 0.25) is 0 Å². The summed E-state index contributed by atoms with van der Waals surface area (Å²) in [4.78, 5) is 16.8. The molecule has 0 amide bonds. The minimum Gasteiger partial charge on any atom is -0.294 e. The summed E-state index contributed by atoms with van der Waals surface area (Å²) in [5, 5.41) is 0.934. The molecule has 0 aliphatic rings. The van der Waals surface area contributed by atoms with Crippen LogP contribution in [0.5, 0.6) is 0 Å². The Balaban J connectivity index is 2.59. The number of rotatable bonds is 2. The van der Waals surface area contributed by atoms with E-state index in [1.807, 2.05) is 13.0 Å². The number of aromatic nitrogens is 1. The van der Waals surface area contributed by atoms with Crippen molar-refractivity contribution >= 4 is 17.1 Å². The van der Waals surface area contributed by atoms with Gasteiger partial charge < -0.3 is 0 Å². The van der Waals surface area contributed by atoms with Crippen LogP contribution in [0.1, 0.15) is 32.7 Å². The van der Waals surface area contributed by atoms with Gasteiger partial charge in [-0.2, -0.15) is 0 Å². The van der Waals surface area contributed by atoms with Crippen molar-refractivity contribution in [1.29, 1.82) is 0 Å². The minimum atomic E-state index is 0.0869. The normalized spacial score (nSPS) is 10.6. The number of hydrogen-bond donors (Lipinski definition) is 0.